The maximum Gasteiger partial charge on any atom is 0.240 e. The van der Waals surface area contributed by atoms with Gasteiger partial charge >= 0.3 is 0 Å². The Kier molecular flexibility index (Phi) is 6.54. The monoisotopic (exact) mass is 359 g/mol. The summed E-state index contributed by atoms with van der Waals surface area (Å²) in [4.78, 5) is 23.6. The number of aryl methyl sites for hydroxylation is 1. The number of benzene rings is 2. The average molecular weight is 360 g/mol. The highest BCUT2D eigenvalue weighted by Crippen LogP contribution is 2.19. The molecule has 0 saturated heterocycles. The molecule has 0 heterocycles. The van der Waals surface area contributed by atoms with E-state index in [-0.39, 0.29) is 30.4 Å². The van der Waals surface area contributed by atoms with Crippen molar-refractivity contribution in [3.05, 3.63) is 58.6 Å². The van der Waals surface area contributed by atoms with Crippen molar-refractivity contribution >= 4 is 35.3 Å². The van der Waals surface area contributed by atoms with E-state index in [2.05, 4.69) is 15.8 Å². The van der Waals surface area contributed by atoms with E-state index < -0.39 is 0 Å². The van der Waals surface area contributed by atoms with Gasteiger partial charge in [0, 0.05) is 23.6 Å². The fourth-order valence-corrected chi connectivity index (χ4v) is 2.23. The lowest BCUT2D eigenvalue weighted by Gasteiger charge is -2.08. The highest BCUT2D eigenvalue weighted by Gasteiger charge is 2.08. The van der Waals surface area contributed by atoms with Crippen LogP contribution in [-0.2, 0) is 9.59 Å². The van der Waals surface area contributed by atoms with Gasteiger partial charge in [0.25, 0.3) is 0 Å². The number of nitrogens with zero attached hydrogens (tertiary/aromatic N) is 1. The van der Waals surface area contributed by atoms with Crippen LogP contribution in [0.15, 0.2) is 47.6 Å². The molecule has 2 amide bonds. The third kappa shape index (κ3) is 6.27. The van der Waals surface area contributed by atoms with Gasteiger partial charge in [-0.05, 0) is 60.5 Å². The van der Waals surface area contributed by atoms with Gasteiger partial charge in [-0.25, -0.2) is 5.43 Å². The topological polar surface area (TPSA) is 90.8 Å². The number of aromatic hydroxyl groups is 1. The molecule has 7 heteroatoms. The van der Waals surface area contributed by atoms with Crippen LogP contribution in [0.5, 0.6) is 5.75 Å². The Hall–Kier alpha value is -2.86. The molecule has 2 rings (SSSR count). The quantitative estimate of drug-likeness (QED) is 0.546. The van der Waals surface area contributed by atoms with Crippen molar-refractivity contribution in [1.82, 2.24) is 5.43 Å². The summed E-state index contributed by atoms with van der Waals surface area (Å²) < 4.78 is 0. The van der Waals surface area contributed by atoms with Crippen molar-refractivity contribution in [3.8, 4) is 5.75 Å². The van der Waals surface area contributed by atoms with Gasteiger partial charge in [0.15, 0.2) is 0 Å². The number of carbonyl (C=O) groups is 2. The maximum absolute atomic E-state index is 11.9. The number of phenols is 1. The van der Waals surface area contributed by atoms with Crippen molar-refractivity contribution in [1.29, 1.82) is 0 Å². The lowest BCUT2D eigenvalue weighted by Crippen LogP contribution is -2.20. The molecule has 0 spiro atoms. The Bertz CT molecular complexity index is 789. The number of hydrogen-bond acceptors (Lipinski definition) is 4. The smallest absolute Gasteiger partial charge is 0.240 e. The Morgan fingerprint density at radius 1 is 1.12 bits per heavy atom. The second-order valence-corrected chi connectivity index (χ2v) is 5.83. The van der Waals surface area contributed by atoms with E-state index in [1.165, 1.54) is 18.3 Å². The number of hydrogen-bond donors (Lipinski definition) is 3. The summed E-state index contributed by atoms with van der Waals surface area (Å²) in [5.41, 5.74) is 4.60. The first-order valence-corrected chi connectivity index (χ1v) is 7.99. The van der Waals surface area contributed by atoms with Crippen molar-refractivity contribution < 1.29 is 14.7 Å². The van der Waals surface area contributed by atoms with Crippen LogP contribution < -0.4 is 10.7 Å². The highest BCUT2D eigenvalue weighted by molar-refractivity contribution is 6.30. The lowest BCUT2D eigenvalue weighted by atomic mass is 10.2. The minimum atomic E-state index is -0.363. The number of rotatable bonds is 6. The lowest BCUT2D eigenvalue weighted by molar-refractivity contribution is -0.124. The van der Waals surface area contributed by atoms with Crippen molar-refractivity contribution in [2.24, 2.45) is 5.10 Å². The van der Waals surface area contributed by atoms with E-state index >= 15 is 0 Å². The molecule has 6 nitrogen and oxygen atoms in total. The number of amides is 2. The van der Waals surface area contributed by atoms with Crippen LogP contribution in [0.3, 0.4) is 0 Å². The summed E-state index contributed by atoms with van der Waals surface area (Å²) in [6.07, 6.45) is 1.52. The Balaban J connectivity index is 1.75. The number of carbonyl (C=O) groups excluding carboxylic acids is 2. The molecule has 0 aliphatic heterocycles. The van der Waals surface area contributed by atoms with Crippen molar-refractivity contribution in [3.63, 3.8) is 0 Å². The molecule has 25 heavy (non-hydrogen) atoms. The van der Waals surface area contributed by atoms with Gasteiger partial charge < -0.3 is 10.4 Å². The second-order valence-electron chi connectivity index (χ2n) is 5.39. The number of anilines is 1. The zero-order valence-corrected chi connectivity index (χ0v) is 14.4. The van der Waals surface area contributed by atoms with Crippen LogP contribution in [0.4, 0.5) is 5.69 Å². The highest BCUT2D eigenvalue weighted by atomic mass is 35.5. The van der Waals surface area contributed by atoms with E-state index in [1.54, 1.807) is 30.3 Å². The summed E-state index contributed by atoms with van der Waals surface area (Å²) in [5, 5.41) is 16.3. The summed E-state index contributed by atoms with van der Waals surface area (Å²) in [6, 6.07) is 11.5. The second kappa shape index (κ2) is 8.84. The van der Waals surface area contributed by atoms with Crippen molar-refractivity contribution in [2.45, 2.75) is 19.8 Å². The van der Waals surface area contributed by atoms with Crippen molar-refractivity contribution in [2.75, 3.05) is 5.32 Å². The first-order valence-electron chi connectivity index (χ1n) is 7.61. The molecule has 3 N–H and O–H groups in total. The maximum atomic E-state index is 11.9. The van der Waals surface area contributed by atoms with Crippen LogP contribution >= 0.6 is 11.6 Å². The first-order chi connectivity index (χ1) is 11.9. The number of hydrazone groups is 1. The Morgan fingerprint density at radius 2 is 1.80 bits per heavy atom. The van der Waals surface area contributed by atoms with Crippen LogP contribution in [0, 0.1) is 6.92 Å². The SMILES string of the molecule is Cc1cc(Cl)ccc1NC(=O)CCC(=O)NN=Cc1ccc(O)cc1. The normalized spacial score (nSPS) is 10.6. The zero-order chi connectivity index (χ0) is 18.2. The van der Waals surface area contributed by atoms with Crippen LogP contribution in [0.25, 0.3) is 0 Å². The van der Waals surface area contributed by atoms with E-state index in [9.17, 15) is 9.59 Å². The van der Waals surface area contributed by atoms with Gasteiger partial charge in [-0.2, -0.15) is 5.10 Å². The van der Waals surface area contributed by atoms with Crippen LogP contribution in [0.1, 0.15) is 24.0 Å². The van der Waals surface area contributed by atoms with Gasteiger partial charge in [0.1, 0.15) is 5.75 Å². The first kappa shape index (κ1) is 18.5. The summed E-state index contributed by atoms with van der Waals surface area (Å²) in [7, 11) is 0. The minimum Gasteiger partial charge on any atom is -0.508 e. The summed E-state index contributed by atoms with van der Waals surface area (Å²) in [5.74, 6) is -0.468. The summed E-state index contributed by atoms with van der Waals surface area (Å²) >= 11 is 5.87. The third-order valence-corrected chi connectivity index (χ3v) is 3.57. The molecule has 0 unspecified atom stereocenters. The molecule has 0 bridgehead atoms. The Labute approximate surface area is 150 Å². The fourth-order valence-electron chi connectivity index (χ4n) is 2.00. The van der Waals surface area contributed by atoms with E-state index in [0.717, 1.165) is 11.1 Å². The molecule has 130 valence electrons. The zero-order valence-electron chi connectivity index (χ0n) is 13.6. The molecule has 0 aliphatic carbocycles. The number of nitrogens with one attached hydrogen (secondary N) is 2. The molecule has 0 fully saturated rings. The standard InChI is InChI=1S/C18H18ClN3O3/c1-12-10-14(19)4-7-16(12)21-17(24)8-9-18(25)22-20-11-13-2-5-15(23)6-3-13/h2-7,10-11,23H,8-9H2,1H3,(H,21,24)(H,22,25). The molecule has 0 aliphatic rings. The number of phenolic OH excluding ortho intramolecular Hbond substituents is 1. The molecule has 0 radical (unpaired) electrons. The minimum absolute atomic E-state index is 0.0192. The van der Waals surface area contributed by atoms with E-state index in [1.807, 2.05) is 6.92 Å². The molecule has 0 saturated carbocycles. The van der Waals surface area contributed by atoms with Gasteiger partial charge in [0.05, 0.1) is 6.21 Å². The van der Waals surface area contributed by atoms with Gasteiger partial charge in [-0.3, -0.25) is 9.59 Å². The van der Waals surface area contributed by atoms with Crippen LogP contribution in [0.2, 0.25) is 5.02 Å². The van der Waals surface area contributed by atoms with Gasteiger partial charge in [-0.15, -0.1) is 0 Å². The van der Waals surface area contributed by atoms with Crippen LogP contribution in [-0.4, -0.2) is 23.1 Å². The van der Waals surface area contributed by atoms with Gasteiger partial charge in [-0.1, -0.05) is 11.6 Å². The number of halogens is 1. The predicted molar refractivity (Wildman–Crippen MR) is 97.9 cm³/mol. The van der Waals surface area contributed by atoms with E-state index in [0.29, 0.717) is 10.7 Å². The molecule has 0 atom stereocenters. The molecule has 2 aromatic rings. The summed E-state index contributed by atoms with van der Waals surface area (Å²) in [6.45, 7) is 1.84. The third-order valence-electron chi connectivity index (χ3n) is 3.34. The average Bonchev–Trinajstić information content (AvgIpc) is 2.57. The molecule has 0 aromatic heterocycles. The molecular formula is C18H18ClN3O3. The molecular weight excluding hydrogens is 342 g/mol. The Morgan fingerprint density at radius 3 is 2.48 bits per heavy atom. The fraction of sp³-hybridized carbons (Fsp3) is 0.167. The van der Waals surface area contributed by atoms with E-state index in [4.69, 9.17) is 16.7 Å². The molecule has 2 aromatic carbocycles. The largest absolute Gasteiger partial charge is 0.508 e. The van der Waals surface area contributed by atoms with Gasteiger partial charge in [0.2, 0.25) is 11.8 Å². The predicted octanol–water partition coefficient (Wildman–Crippen LogP) is 3.22.